The molecule has 206 valence electrons. The summed E-state index contributed by atoms with van der Waals surface area (Å²) in [5.74, 6) is -1.74. The second-order valence-corrected chi connectivity index (χ2v) is 9.36. The molecule has 2 aliphatic rings. The molecule has 40 heavy (non-hydrogen) atoms. The van der Waals surface area contributed by atoms with Crippen LogP contribution in [0.1, 0.15) is 44.7 Å². The van der Waals surface area contributed by atoms with Gasteiger partial charge in [-0.3, -0.25) is 9.59 Å². The molecule has 1 saturated heterocycles. The lowest BCUT2D eigenvalue weighted by Gasteiger charge is -2.24. The van der Waals surface area contributed by atoms with Crippen molar-refractivity contribution in [3.63, 3.8) is 0 Å². The summed E-state index contributed by atoms with van der Waals surface area (Å²) in [6.45, 7) is 1.56. The Balaban J connectivity index is 1.34. The standard InChI is InChI=1S/C28H23F4N5O3/c29-23-13-18(37-27(40)36-17-3-1-2-15(12-17)28(30,31)32)4-5-20(23)19-6-7-21(24-22(19)14-34-26(24)39)25(38)35-16-8-10-33-11-9-16/h1-7,12-14,16,33H,8-11H2,(H,35,38)(H2,36,37,40). The number of halogens is 4. The molecule has 0 aliphatic carbocycles. The quantitative estimate of drug-likeness (QED) is 0.325. The monoisotopic (exact) mass is 553 g/mol. The summed E-state index contributed by atoms with van der Waals surface area (Å²) in [4.78, 5) is 41.7. The maximum atomic E-state index is 15.2. The Morgan fingerprint density at radius 2 is 1.62 bits per heavy atom. The predicted octanol–water partition coefficient (Wildman–Crippen LogP) is 5.21. The SMILES string of the molecule is O=C(Nc1cccc(C(F)(F)F)c1)Nc1ccc(-c2ccc(C(=O)NC3CCNCC3)c3c2C=NC3=O)c(F)c1. The van der Waals surface area contributed by atoms with Crippen LogP contribution in [0.15, 0.2) is 59.6 Å². The first kappa shape index (κ1) is 27.0. The molecule has 2 heterocycles. The first-order valence-electron chi connectivity index (χ1n) is 12.4. The second-order valence-electron chi connectivity index (χ2n) is 9.36. The van der Waals surface area contributed by atoms with Crippen LogP contribution in [0.2, 0.25) is 0 Å². The number of benzene rings is 3. The Labute approximate surface area is 225 Å². The minimum absolute atomic E-state index is 0.0234. The van der Waals surface area contributed by atoms with Gasteiger partial charge in [0.2, 0.25) is 0 Å². The van der Waals surface area contributed by atoms with Crippen LogP contribution >= 0.6 is 0 Å². The number of nitrogens with one attached hydrogen (secondary N) is 4. The molecule has 0 atom stereocenters. The van der Waals surface area contributed by atoms with Crippen LogP contribution in [0, 0.1) is 5.82 Å². The fourth-order valence-electron chi connectivity index (χ4n) is 4.70. The number of carbonyl (C=O) groups is 3. The predicted molar refractivity (Wildman–Crippen MR) is 141 cm³/mol. The lowest BCUT2D eigenvalue weighted by atomic mass is 9.92. The molecular weight excluding hydrogens is 530 g/mol. The van der Waals surface area contributed by atoms with Gasteiger partial charge in [0.1, 0.15) is 5.82 Å². The number of nitrogens with zero attached hydrogens (tertiary/aromatic N) is 1. The zero-order valence-electron chi connectivity index (χ0n) is 20.9. The van der Waals surface area contributed by atoms with Crippen LogP contribution in [0.25, 0.3) is 11.1 Å². The molecule has 4 amide bonds. The van der Waals surface area contributed by atoms with E-state index in [4.69, 9.17) is 0 Å². The fraction of sp³-hybridized carbons (Fsp3) is 0.214. The first-order chi connectivity index (χ1) is 19.1. The van der Waals surface area contributed by atoms with Gasteiger partial charge in [-0.15, -0.1) is 0 Å². The number of urea groups is 1. The Morgan fingerprint density at radius 1 is 0.925 bits per heavy atom. The Hall–Kier alpha value is -4.58. The summed E-state index contributed by atoms with van der Waals surface area (Å²) in [5, 5.41) is 10.8. The molecule has 0 unspecified atom stereocenters. The molecule has 0 aromatic heterocycles. The first-order valence-corrected chi connectivity index (χ1v) is 12.4. The number of aliphatic imine (C=N–C) groups is 1. The van der Waals surface area contributed by atoms with Gasteiger partial charge < -0.3 is 21.3 Å². The van der Waals surface area contributed by atoms with E-state index in [0.29, 0.717) is 11.1 Å². The van der Waals surface area contributed by atoms with Gasteiger partial charge in [-0.05, 0) is 74.0 Å². The van der Waals surface area contributed by atoms with Crippen LogP contribution in [0.3, 0.4) is 0 Å². The van der Waals surface area contributed by atoms with Crippen molar-refractivity contribution in [3.8, 4) is 11.1 Å². The van der Waals surface area contributed by atoms with E-state index in [2.05, 4.69) is 26.3 Å². The highest BCUT2D eigenvalue weighted by Crippen LogP contribution is 2.34. The van der Waals surface area contributed by atoms with Crippen LogP contribution in [0.5, 0.6) is 0 Å². The highest BCUT2D eigenvalue weighted by molar-refractivity contribution is 6.21. The molecular formula is C28H23F4N5O3. The Morgan fingerprint density at radius 3 is 2.33 bits per heavy atom. The van der Waals surface area contributed by atoms with E-state index in [1.165, 1.54) is 36.5 Å². The average molecular weight is 554 g/mol. The van der Waals surface area contributed by atoms with Gasteiger partial charge in [0.25, 0.3) is 11.8 Å². The molecule has 2 aliphatic heterocycles. The number of rotatable bonds is 5. The molecule has 3 aromatic rings. The molecule has 4 N–H and O–H groups in total. The summed E-state index contributed by atoms with van der Waals surface area (Å²) in [6.07, 6.45) is -1.75. The normalized spacial score (nSPS) is 15.1. The van der Waals surface area contributed by atoms with Crippen molar-refractivity contribution in [2.75, 3.05) is 23.7 Å². The molecule has 0 bridgehead atoms. The van der Waals surface area contributed by atoms with Gasteiger partial charge in [-0.25, -0.2) is 14.2 Å². The topological polar surface area (TPSA) is 112 Å². The maximum absolute atomic E-state index is 15.2. The van der Waals surface area contributed by atoms with Crippen molar-refractivity contribution in [1.82, 2.24) is 10.6 Å². The minimum Gasteiger partial charge on any atom is -0.349 e. The zero-order chi connectivity index (χ0) is 28.4. The van der Waals surface area contributed by atoms with Crippen LogP contribution in [-0.4, -0.2) is 43.2 Å². The van der Waals surface area contributed by atoms with Crippen LogP contribution in [0.4, 0.5) is 33.7 Å². The third-order valence-electron chi connectivity index (χ3n) is 6.65. The van der Waals surface area contributed by atoms with Gasteiger partial charge in [0.05, 0.1) is 16.7 Å². The van der Waals surface area contributed by atoms with E-state index >= 15 is 4.39 Å². The number of piperidine rings is 1. The molecule has 12 heteroatoms. The Bertz CT molecular complexity index is 1530. The molecule has 0 saturated carbocycles. The summed E-state index contributed by atoms with van der Waals surface area (Å²) in [5.41, 5.74) is 0.0240. The van der Waals surface area contributed by atoms with Gasteiger partial charge in [0, 0.05) is 34.8 Å². The summed E-state index contributed by atoms with van der Waals surface area (Å²) in [7, 11) is 0. The summed E-state index contributed by atoms with van der Waals surface area (Å²) < 4.78 is 54.0. The number of carbonyl (C=O) groups excluding carboxylic acids is 3. The van der Waals surface area contributed by atoms with E-state index in [1.54, 1.807) is 0 Å². The fourth-order valence-corrected chi connectivity index (χ4v) is 4.70. The lowest BCUT2D eigenvalue weighted by molar-refractivity contribution is -0.137. The summed E-state index contributed by atoms with van der Waals surface area (Å²) in [6, 6.07) is 10.0. The van der Waals surface area contributed by atoms with Gasteiger partial charge >= 0.3 is 12.2 Å². The molecule has 0 spiro atoms. The van der Waals surface area contributed by atoms with Crippen molar-refractivity contribution < 1.29 is 31.9 Å². The van der Waals surface area contributed by atoms with Crippen molar-refractivity contribution >= 4 is 35.4 Å². The number of fused-ring (bicyclic) bond motifs is 1. The van der Waals surface area contributed by atoms with Crippen molar-refractivity contribution in [3.05, 3.63) is 82.7 Å². The molecule has 1 fully saturated rings. The minimum atomic E-state index is -4.57. The molecule has 8 nitrogen and oxygen atoms in total. The van der Waals surface area contributed by atoms with Gasteiger partial charge in [-0.2, -0.15) is 13.2 Å². The Kier molecular flexibility index (Phi) is 7.35. The number of hydrogen-bond donors (Lipinski definition) is 4. The molecule has 5 rings (SSSR count). The zero-order valence-corrected chi connectivity index (χ0v) is 20.9. The number of hydrogen-bond acceptors (Lipinski definition) is 4. The number of alkyl halides is 3. The maximum Gasteiger partial charge on any atom is 0.416 e. The van der Waals surface area contributed by atoms with Crippen LogP contribution < -0.4 is 21.3 Å². The highest BCUT2D eigenvalue weighted by atomic mass is 19.4. The summed E-state index contributed by atoms with van der Waals surface area (Å²) >= 11 is 0. The largest absolute Gasteiger partial charge is 0.416 e. The van der Waals surface area contributed by atoms with Crippen LogP contribution in [-0.2, 0) is 6.18 Å². The lowest BCUT2D eigenvalue weighted by Crippen LogP contribution is -2.43. The van der Waals surface area contributed by atoms with Gasteiger partial charge in [0.15, 0.2) is 0 Å². The van der Waals surface area contributed by atoms with E-state index in [0.717, 1.165) is 50.2 Å². The highest BCUT2D eigenvalue weighted by Gasteiger charge is 2.31. The molecule has 3 aromatic carbocycles. The van der Waals surface area contributed by atoms with Crippen molar-refractivity contribution in [2.24, 2.45) is 4.99 Å². The second kappa shape index (κ2) is 10.9. The van der Waals surface area contributed by atoms with Crippen molar-refractivity contribution in [2.45, 2.75) is 25.1 Å². The third-order valence-corrected chi connectivity index (χ3v) is 6.65. The average Bonchev–Trinajstić information content (AvgIpc) is 3.30. The molecule has 0 radical (unpaired) electrons. The van der Waals surface area contributed by atoms with E-state index in [9.17, 15) is 27.6 Å². The smallest absolute Gasteiger partial charge is 0.349 e. The van der Waals surface area contributed by atoms with E-state index in [-0.39, 0.29) is 34.1 Å². The van der Waals surface area contributed by atoms with E-state index < -0.39 is 35.4 Å². The number of anilines is 2. The van der Waals surface area contributed by atoms with Crippen molar-refractivity contribution in [1.29, 1.82) is 0 Å². The van der Waals surface area contributed by atoms with Gasteiger partial charge in [-0.1, -0.05) is 12.1 Å². The van der Waals surface area contributed by atoms with E-state index in [1.807, 2.05) is 0 Å². The number of amides is 4. The third kappa shape index (κ3) is 5.71.